The van der Waals surface area contributed by atoms with Crippen molar-refractivity contribution in [1.29, 1.82) is 0 Å². The summed E-state index contributed by atoms with van der Waals surface area (Å²) < 4.78 is 10.7. The molecule has 3 rings (SSSR count). The molecular weight excluding hydrogens is 519 g/mol. The van der Waals surface area contributed by atoms with Crippen LogP contribution in [0.4, 0.5) is 5.13 Å². The number of halogens is 2. The highest BCUT2D eigenvalue weighted by Gasteiger charge is 2.34. The number of methoxy groups -OCH3 is 2. The lowest BCUT2D eigenvalue weighted by molar-refractivity contribution is 0.0540. The van der Waals surface area contributed by atoms with Crippen LogP contribution in [-0.2, 0) is 9.47 Å². The largest absolute Gasteiger partial charge is 0.477 e. The number of anilines is 1. The molecule has 3 heterocycles. The minimum atomic E-state index is -1.20. The van der Waals surface area contributed by atoms with Gasteiger partial charge in [0, 0.05) is 46.0 Å². The number of carbonyl (C=O) groups is 3. The molecule has 1 fully saturated rings. The number of hydrogen-bond acceptors (Lipinski definition) is 8. The highest BCUT2D eigenvalue weighted by molar-refractivity contribution is 7.17. The van der Waals surface area contributed by atoms with Crippen molar-refractivity contribution >= 4 is 57.3 Å². The number of aromatic nitrogens is 2. The van der Waals surface area contributed by atoms with E-state index < -0.39 is 18.0 Å². The molecule has 0 aromatic carbocycles. The van der Waals surface area contributed by atoms with E-state index in [1.807, 2.05) is 11.8 Å². The predicted octanol–water partition coefficient (Wildman–Crippen LogP) is 3.66. The van der Waals surface area contributed by atoms with Gasteiger partial charge in [-0.2, -0.15) is 0 Å². The number of aryl methyl sites for hydroxylation is 1. The van der Waals surface area contributed by atoms with Crippen LogP contribution in [0.15, 0.2) is 0 Å². The molecule has 0 spiro atoms. The number of carboxylic acid groups (broad SMARTS) is 1. The molecule has 1 aliphatic heterocycles. The fourth-order valence-electron chi connectivity index (χ4n) is 4.00. The lowest BCUT2D eigenvalue weighted by Gasteiger charge is -2.37. The number of aromatic amines is 1. The van der Waals surface area contributed by atoms with Crippen LogP contribution in [0, 0.1) is 12.8 Å². The second-order valence-electron chi connectivity index (χ2n) is 8.51. The zero-order valence-electron chi connectivity index (χ0n) is 19.8. The van der Waals surface area contributed by atoms with Crippen LogP contribution in [0.25, 0.3) is 0 Å². The van der Waals surface area contributed by atoms with Crippen molar-refractivity contribution in [2.24, 2.45) is 5.92 Å². The van der Waals surface area contributed by atoms with Crippen LogP contribution < -0.4 is 10.2 Å². The van der Waals surface area contributed by atoms with Crippen LogP contribution in [0.5, 0.6) is 0 Å². The Labute approximate surface area is 216 Å². The third-order valence-corrected chi connectivity index (χ3v) is 7.84. The second-order valence-corrected chi connectivity index (χ2v) is 10.2. The number of nitrogens with one attached hydrogen (secondary N) is 2. The first-order chi connectivity index (χ1) is 16.6. The first-order valence-electron chi connectivity index (χ1n) is 11.0. The molecule has 2 aromatic rings. The molecule has 2 aromatic heterocycles. The van der Waals surface area contributed by atoms with Gasteiger partial charge in [0.1, 0.15) is 16.3 Å². The number of rotatable bonds is 10. The smallest absolute Gasteiger partial charge is 0.348 e. The number of nitrogens with zero attached hydrogens (tertiary/aromatic N) is 2. The Balaban J connectivity index is 1.73. The van der Waals surface area contributed by atoms with Crippen LogP contribution in [0.3, 0.4) is 0 Å². The second kappa shape index (κ2) is 11.7. The van der Waals surface area contributed by atoms with E-state index in [1.54, 1.807) is 14.0 Å². The normalized spacial score (nSPS) is 19.0. The topological polar surface area (TPSA) is 134 Å². The van der Waals surface area contributed by atoms with Gasteiger partial charge < -0.3 is 29.8 Å². The molecule has 1 saturated heterocycles. The van der Waals surface area contributed by atoms with Crippen LogP contribution in [0.1, 0.15) is 56.1 Å². The van der Waals surface area contributed by atoms with Gasteiger partial charge in [0.2, 0.25) is 0 Å². The molecule has 13 heteroatoms. The van der Waals surface area contributed by atoms with Crippen molar-refractivity contribution in [2.45, 2.75) is 38.8 Å². The highest BCUT2D eigenvalue weighted by atomic mass is 35.5. The van der Waals surface area contributed by atoms with E-state index in [2.05, 4.69) is 15.3 Å². The molecule has 10 nitrogen and oxygen atoms in total. The number of ether oxygens (including phenoxy) is 2. The van der Waals surface area contributed by atoms with Gasteiger partial charge in [-0.15, -0.1) is 0 Å². The van der Waals surface area contributed by atoms with E-state index in [0.717, 1.165) is 11.3 Å². The van der Waals surface area contributed by atoms with E-state index in [-0.39, 0.29) is 45.5 Å². The number of Topliss-reactive ketones (excluding diaryl/α,β-unsaturated/α-hetero) is 1. The summed E-state index contributed by atoms with van der Waals surface area (Å²) in [6, 6.07) is -0.322. The van der Waals surface area contributed by atoms with Crippen molar-refractivity contribution in [2.75, 3.05) is 38.8 Å². The number of thiazole rings is 1. The van der Waals surface area contributed by atoms with Gasteiger partial charge in [0.25, 0.3) is 5.91 Å². The number of carbonyl (C=O) groups excluding carboxylic acids is 2. The Morgan fingerprint density at radius 1 is 1.31 bits per heavy atom. The molecule has 35 heavy (non-hydrogen) atoms. The summed E-state index contributed by atoms with van der Waals surface area (Å²) in [6.45, 7) is 4.79. The summed E-state index contributed by atoms with van der Waals surface area (Å²) in [5, 5.41) is 13.5. The van der Waals surface area contributed by atoms with Crippen molar-refractivity contribution < 1.29 is 29.0 Å². The first-order valence-corrected chi connectivity index (χ1v) is 12.5. The zero-order valence-corrected chi connectivity index (χ0v) is 22.1. The van der Waals surface area contributed by atoms with Crippen LogP contribution >= 0.6 is 34.5 Å². The van der Waals surface area contributed by atoms with Crippen LogP contribution in [0.2, 0.25) is 10.0 Å². The SMILES string of the molecule is COCC(C)CC(=O)c1nc(N2CCC(NC(=O)c3[nH]c(C)c(Cl)c3Cl)C(OC)C2)sc1C(=O)O. The molecular formula is C22H28Cl2N4O6S. The molecule has 192 valence electrons. The molecule has 0 radical (unpaired) electrons. The number of amides is 1. The summed E-state index contributed by atoms with van der Waals surface area (Å²) in [7, 11) is 3.08. The maximum Gasteiger partial charge on any atom is 0.348 e. The Hall–Kier alpha value is -2.18. The molecule has 3 atom stereocenters. The molecule has 0 aliphatic carbocycles. The third-order valence-electron chi connectivity index (χ3n) is 5.79. The lowest BCUT2D eigenvalue weighted by atomic mass is 10.0. The van der Waals surface area contributed by atoms with Gasteiger partial charge in [0.15, 0.2) is 10.9 Å². The Morgan fingerprint density at radius 2 is 2.03 bits per heavy atom. The molecule has 0 bridgehead atoms. The quantitative estimate of drug-likeness (QED) is 0.384. The van der Waals surface area contributed by atoms with Gasteiger partial charge in [0.05, 0.1) is 22.2 Å². The molecule has 1 amide bonds. The van der Waals surface area contributed by atoms with E-state index in [1.165, 1.54) is 7.11 Å². The summed E-state index contributed by atoms with van der Waals surface area (Å²) in [5.74, 6) is -2.00. The Kier molecular flexibility index (Phi) is 9.16. The fraction of sp³-hybridized carbons (Fsp3) is 0.545. The molecule has 1 aliphatic rings. The standard InChI is InChI=1S/C22H28Cl2N4O6S/c1-10(9-33-3)7-13(29)17-19(21(31)32)35-22(27-17)28-6-5-12(14(8-28)34-4)26-20(30)18-16(24)15(23)11(2)25-18/h10,12,14,25H,5-9H2,1-4H3,(H,26,30)(H,31,32). The van der Waals surface area contributed by atoms with Gasteiger partial charge in [-0.25, -0.2) is 9.78 Å². The number of ketones is 1. The van der Waals surface area contributed by atoms with Crippen molar-refractivity contribution in [3.8, 4) is 0 Å². The fourth-order valence-corrected chi connectivity index (χ4v) is 5.37. The van der Waals surface area contributed by atoms with E-state index in [9.17, 15) is 19.5 Å². The van der Waals surface area contributed by atoms with Gasteiger partial charge >= 0.3 is 5.97 Å². The van der Waals surface area contributed by atoms with Crippen LogP contribution in [-0.4, -0.2) is 78.8 Å². The summed E-state index contributed by atoms with van der Waals surface area (Å²) in [5.41, 5.74) is 0.738. The summed E-state index contributed by atoms with van der Waals surface area (Å²) >= 11 is 13.2. The molecule has 3 unspecified atom stereocenters. The van der Waals surface area contributed by atoms with Crippen molar-refractivity contribution in [3.05, 3.63) is 32.0 Å². The van der Waals surface area contributed by atoms with Gasteiger partial charge in [-0.3, -0.25) is 9.59 Å². The molecule has 3 N–H and O–H groups in total. The summed E-state index contributed by atoms with van der Waals surface area (Å²) in [6.07, 6.45) is 0.235. The number of aromatic carboxylic acids is 1. The average Bonchev–Trinajstić information content (AvgIpc) is 3.37. The number of hydrogen-bond donors (Lipinski definition) is 3. The maximum absolute atomic E-state index is 12.8. The van der Waals surface area contributed by atoms with Crippen molar-refractivity contribution in [3.63, 3.8) is 0 Å². The zero-order chi connectivity index (χ0) is 25.9. The number of carboxylic acids is 1. The molecule has 0 saturated carbocycles. The minimum absolute atomic E-state index is 0.0431. The number of piperidine rings is 1. The lowest BCUT2D eigenvalue weighted by Crippen LogP contribution is -2.55. The summed E-state index contributed by atoms with van der Waals surface area (Å²) in [4.78, 5) is 46.4. The third kappa shape index (κ3) is 6.15. The predicted molar refractivity (Wildman–Crippen MR) is 133 cm³/mol. The average molecular weight is 547 g/mol. The first kappa shape index (κ1) is 27.4. The van der Waals surface area contributed by atoms with Gasteiger partial charge in [-0.1, -0.05) is 41.5 Å². The van der Waals surface area contributed by atoms with E-state index >= 15 is 0 Å². The Bertz CT molecular complexity index is 1100. The maximum atomic E-state index is 12.8. The van der Waals surface area contributed by atoms with E-state index in [4.69, 9.17) is 32.7 Å². The van der Waals surface area contributed by atoms with E-state index in [0.29, 0.717) is 42.0 Å². The number of H-pyrrole nitrogens is 1. The minimum Gasteiger partial charge on any atom is -0.477 e. The van der Waals surface area contributed by atoms with Gasteiger partial charge in [-0.05, 0) is 19.3 Å². The monoisotopic (exact) mass is 546 g/mol. The highest BCUT2D eigenvalue weighted by Crippen LogP contribution is 2.32. The van der Waals surface area contributed by atoms with Crippen molar-refractivity contribution in [1.82, 2.24) is 15.3 Å². The Morgan fingerprint density at radius 3 is 2.60 bits per heavy atom.